The summed E-state index contributed by atoms with van der Waals surface area (Å²) in [5.74, 6) is 0.135. The third-order valence-corrected chi connectivity index (χ3v) is 2.81. The Kier molecular flexibility index (Phi) is 3.25. The Morgan fingerprint density at radius 3 is 2.56 bits per heavy atom. The van der Waals surface area contributed by atoms with Crippen LogP contribution in [0.2, 0.25) is 0 Å². The van der Waals surface area contributed by atoms with Crippen molar-refractivity contribution in [2.75, 3.05) is 19.6 Å². The molecule has 1 N–H and O–H groups in total. The monoisotopic (exact) mass is 218 g/mol. The Morgan fingerprint density at radius 1 is 1.25 bits per heavy atom. The second kappa shape index (κ2) is 4.66. The smallest absolute Gasteiger partial charge is 0.234 e. The number of benzene rings is 1. The second-order valence-corrected chi connectivity index (χ2v) is 4.56. The van der Waals surface area contributed by atoms with Crippen LogP contribution in [-0.4, -0.2) is 30.4 Å². The van der Waals surface area contributed by atoms with Crippen LogP contribution in [0.1, 0.15) is 16.7 Å². The Balaban J connectivity index is 2.05. The highest BCUT2D eigenvalue weighted by Gasteiger charge is 2.15. The molecule has 0 bridgehead atoms. The van der Waals surface area contributed by atoms with Gasteiger partial charge in [0.2, 0.25) is 5.91 Å². The van der Waals surface area contributed by atoms with Gasteiger partial charge in [0, 0.05) is 19.6 Å². The molecule has 3 nitrogen and oxygen atoms in total. The number of piperazine rings is 1. The average molecular weight is 218 g/mol. The summed E-state index contributed by atoms with van der Waals surface area (Å²) < 4.78 is 0. The highest BCUT2D eigenvalue weighted by molar-refractivity contribution is 5.78. The van der Waals surface area contributed by atoms with E-state index in [-0.39, 0.29) is 5.91 Å². The number of carbonyl (C=O) groups is 1. The molecule has 0 spiro atoms. The predicted molar refractivity (Wildman–Crippen MR) is 64.2 cm³/mol. The van der Waals surface area contributed by atoms with Crippen LogP contribution >= 0.6 is 0 Å². The van der Waals surface area contributed by atoms with Crippen molar-refractivity contribution in [3.8, 4) is 0 Å². The summed E-state index contributed by atoms with van der Waals surface area (Å²) in [6.45, 7) is 7.32. The zero-order chi connectivity index (χ0) is 11.5. The minimum Gasteiger partial charge on any atom is -0.354 e. The van der Waals surface area contributed by atoms with Gasteiger partial charge in [0.05, 0.1) is 6.54 Å². The van der Waals surface area contributed by atoms with E-state index in [1.54, 1.807) is 0 Å². The van der Waals surface area contributed by atoms with Gasteiger partial charge in [0.1, 0.15) is 0 Å². The molecule has 0 aromatic heterocycles. The number of hydrogen-bond acceptors (Lipinski definition) is 2. The molecule has 1 amide bonds. The largest absolute Gasteiger partial charge is 0.354 e. The van der Waals surface area contributed by atoms with E-state index >= 15 is 0 Å². The van der Waals surface area contributed by atoms with Crippen molar-refractivity contribution in [1.29, 1.82) is 0 Å². The van der Waals surface area contributed by atoms with Crippen molar-refractivity contribution >= 4 is 5.91 Å². The van der Waals surface area contributed by atoms with E-state index in [2.05, 4.69) is 42.3 Å². The molecule has 16 heavy (non-hydrogen) atoms. The van der Waals surface area contributed by atoms with Gasteiger partial charge in [0.15, 0.2) is 0 Å². The van der Waals surface area contributed by atoms with Crippen LogP contribution in [0.4, 0.5) is 0 Å². The van der Waals surface area contributed by atoms with E-state index < -0.39 is 0 Å². The van der Waals surface area contributed by atoms with Gasteiger partial charge in [-0.15, -0.1) is 0 Å². The fraction of sp³-hybridized carbons (Fsp3) is 0.462. The quantitative estimate of drug-likeness (QED) is 0.810. The fourth-order valence-electron chi connectivity index (χ4n) is 2.24. The van der Waals surface area contributed by atoms with Gasteiger partial charge in [-0.05, 0) is 19.4 Å². The summed E-state index contributed by atoms with van der Waals surface area (Å²) in [7, 11) is 0. The number of carbonyl (C=O) groups excluding carboxylic acids is 1. The first-order valence-electron chi connectivity index (χ1n) is 5.70. The minimum atomic E-state index is 0.135. The Labute approximate surface area is 96.5 Å². The first-order chi connectivity index (χ1) is 7.63. The lowest BCUT2D eigenvalue weighted by atomic mass is 10.1. The van der Waals surface area contributed by atoms with Gasteiger partial charge in [0.25, 0.3) is 0 Å². The van der Waals surface area contributed by atoms with Gasteiger partial charge in [-0.3, -0.25) is 9.69 Å². The van der Waals surface area contributed by atoms with E-state index in [0.717, 1.165) is 19.6 Å². The van der Waals surface area contributed by atoms with Crippen LogP contribution in [0.5, 0.6) is 0 Å². The second-order valence-electron chi connectivity index (χ2n) is 4.56. The highest BCUT2D eigenvalue weighted by atomic mass is 16.2. The third-order valence-electron chi connectivity index (χ3n) is 2.81. The number of nitrogens with zero attached hydrogens (tertiary/aromatic N) is 1. The van der Waals surface area contributed by atoms with Crippen molar-refractivity contribution in [3.63, 3.8) is 0 Å². The Hall–Kier alpha value is -1.35. The highest BCUT2D eigenvalue weighted by Crippen LogP contribution is 2.11. The van der Waals surface area contributed by atoms with Gasteiger partial charge < -0.3 is 5.32 Å². The summed E-state index contributed by atoms with van der Waals surface area (Å²) in [5, 5.41) is 2.84. The summed E-state index contributed by atoms with van der Waals surface area (Å²) in [6, 6.07) is 6.56. The molecule has 1 aromatic carbocycles. The van der Waals surface area contributed by atoms with E-state index in [1.807, 2.05) is 0 Å². The number of hydrogen-bond donors (Lipinski definition) is 1. The first kappa shape index (κ1) is 11.1. The lowest BCUT2D eigenvalue weighted by Gasteiger charge is -2.26. The van der Waals surface area contributed by atoms with E-state index in [0.29, 0.717) is 6.54 Å². The number of nitrogens with one attached hydrogen (secondary N) is 1. The molecule has 1 saturated heterocycles. The SMILES string of the molecule is Cc1cc(C)cc(CN2CCNC(=O)C2)c1. The zero-order valence-corrected chi connectivity index (χ0v) is 9.92. The number of aryl methyl sites for hydroxylation is 2. The third kappa shape index (κ3) is 2.83. The zero-order valence-electron chi connectivity index (χ0n) is 9.92. The van der Waals surface area contributed by atoms with Crippen LogP contribution in [0.25, 0.3) is 0 Å². The first-order valence-corrected chi connectivity index (χ1v) is 5.70. The number of rotatable bonds is 2. The predicted octanol–water partition coefficient (Wildman–Crippen LogP) is 1.24. The summed E-state index contributed by atoms with van der Waals surface area (Å²) in [5.41, 5.74) is 3.88. The summed E-state index contributed by atoms with van der Waals surface area (Å²) >= 11 is 0. The van der Waals surface area contributed by atoms with Crippen molar-refractivity contribution in [3.05, 3.63) is 34.9 Å². The van der Waals surface area contributed by atoms with E-state index in [9.17, 15) is 4.79 Å². The van der Waals surface area contributed by atoms with Crippen LogP contribution < -0.4 is 5.32 Å². The molecule has 0 atom stereocenters. The van der Waals surface area contributed by atoms with Crippen molar-refractivity contribution in [2.45, 2.75) is 20.4 Å². The molecule has 1 aliphatic heterocycles. The Bertz CT molecular complexity index is 381. The molecule has 2 rings (SSSR count). The molecule has 1 heterocycles. The lowest BCUT2D eigenvalue weighted by molar-refractivity contribution is -0.124. The number of amides is 1. The molecule has 1 aliphatic rings. The molecule has 0 saturated carbocycles. The maximum atomic E-state index is 11.2. The normalized spacial score (nSPS) is 17.2. The van der Waals surface area contributed by atoms with Gasteiger partial charge in [-0.1, -0.05) is 29.3 Å². The molecule has 0 radical (unpaired) electrons. The maximum Gasteiger partial charge on any atom is 0.234 e. The molecule has 0 aliphatic carbocycles. The standard InChI is InChI=1S/C13H18N2O/c1-10-5-11(2)7-12(6-10)8-15-4-3-14-13(16)9-15/h5-7H,3-4,8-9H2,1-2H3,(H,14,16). The topological polar surface area (TPSA) is 32.3 Å². The van der Waals surface area contributed by atoms with E-state index in [1.165, 1.54) is 16.7 Å². The van der Waals surface area contributed by atoms with Crippen LogP contribution in [-0.2, 0) is 11.3 Å². The molecular formula is C13H18N2O. The molecule has 3 heteroatoms. The molecule has 1 aromatic rings. The molecule has 0 unspecified atom stereocenters. The van der Waals surface area contributed by atoms with Crippen LogP contribution in [0, 0.1) is 13.8 Å². The van der Waals surface area contributed by atoms with Crippen molar-refractivity contribution in [1.82, 2.24) is 10.2 Å². The molecule has 1 fully saturated rings. The van der Waals surface area contributed by atoms with Gasteiger partial charge in [-0.2, -0.15) is 0 Å². The van der Waals surface area contributed by atoms with Crippen molar-refractivity contribution in [2.24, 2.45) is 0 Å². The van der Waals surface area contributed by atoms with Crippen molar-refractivity contribution < 1.29 is 4.79 Å². The maximum absolute atomic E-state index is 11.2. The summed E-state index contributed by atoms with van der Waals surface area (Å²) in [6.07, 6.45) is 0. The Morgan fingerprint density at radius 2 is 1.94 bits per heavy atom. The van der Waals surface area contributed by atoms with Crippen LogP contribution in [0.3, 0.4) is 0 Å². The minimum absolute atomic E-state index is 0.135. The fourth-order valence-corrected chi connectivity index (χ4v) is 2.24. The average Bonchev–Trinajstić information content (AvgIpc) is 2.15. The van der Waals surface area contributed by atoms with Gasteiger partial charge in [-0.25, -0.2) is 0 Å². The lowest BCUT2D eigenvalue weighted by Crippen LogP contribution is -2.47. The summed E-state index contributed by atoms with van der Waals surface area (Å²) in [4.78, 5) is 13.4. The molecular weight excluding hydrogens is 200 g/mol. The van der Waals surface area contributed by atoms with Crippen LogP contribution in [0.15, 0.2) is 18.2 Å². The van der Waals surface area contributed by atoms with Gasteiger partial charge >= 0.3 is 0 Å². The van der Waals surface area contributed by atoms with E-state index in [4.69, 9.17) is 0 Å². The molecule has 86 valence electrons.